The second kappa shape index (κ2) is 5.41. The molecular formula is C10H13BO5. The smallest absolute Gasteiger partial charge is 0.522 e. The lowest BCUT2D eigenvalue weighted by Crippen LogP contribution is -2.20. The molecule has 0 saturated heterocycles. The molecule has 0 spiro atoms. The molecule has 86 valence electrons. The van der Waals surface area contributed by atoms with Crippen LogP contribution in [0.25, 0.3) is 0 Å². The van der Waals surface area contributed by atoms with Gasteiger partial charge in [-0.1, -0.05) is 19.1 Å². The van der Waals surface area contributed by atoms with Crippen molar-refractivity contribution in [1.29, 1.82) is 0 Å². The zero-order valence-corrected chi connectivity index (χ0v) is 8.72. The normalized spacial score (nSPS) is 24.8. The van der Waals surface area contributed by atoms with Gasteiger partial charge in [0.05, 0.1) is 0 Å². The van der Waals surface area contributed by atoms with Gasteiger partial charge in [0.1, 0.15) is 17.1 Å². The topological polar surface area (TPSA) is 87.0 Å². The summed E-state index contributed by atoms with van der Waals surface area (Å²) in [6.07, 6.45) is 4.64. The third-order valence-corrected chi connectivity index (χ3v) is 2.12. The van der Waals surface area contributed by atoms with Crippen LogP contribution in [0.15, 0.2) is 35.8 Å². The molecule has 0 atom stereocenters. The molecule has 6 heteroatoms. The van der Waals surface area contributed by atoms with Crippen LogP contribution in [0.5, 0.6) is 0 Å². The van der Waals surface area contributed by atoms with Crippen LogP contribution in [0, 0.1) is 0 Å². The van der Waals surface area contributed by atoms with Crippen LogP contribution in [0.3, 0.4) is 0 Å². The van der Waals surface area contributed by atoms with E-state index in [4.69, 9.17) is 9.76 Å². The molecule has 0 aromatic heterocycles. The summed E-state index contributed by atoms with van der Waals surface area (Å²) in [5, 5.41) is 27.8. The summed E-state index contributed by atoms with van der Waals surface area (Å²) in [7, 11) is -1.10. The Morgan fingerprint density at radius 3 is 2.88 bits per heavy atom. The van der Waals surface area contributed by atoms with Crippen LogP contribution in [-0.2, 0) is 9.45 Å². The van der Waals surface area contributed by atoms with E-state index < -0.39 is 24.4 Å². The Bertz CT molecular complexity index is 358. The van der Waals surface area contributed by atoms with E-state index in [9.17, 15) is 14.9 Å². The van der Waals surface area contributed by atoms with Gasteiger partial charge in [0, 0.05) is 0 Å². The Morgan fingerprint density at radius 2 is 2.25 bits per heavy atom. The average molecular weight is 224 g/mol. The van der Waals surface area contributed by atoms with Crippen molar-refractivity contribution in [1.82, 2.24) is 0 Å². The van der Waals surface area contributed by atoms with Crippen molar-refractivity contribution >= 4 is 13.1 Å². The lowest BCUT2D eigenvalue weighted by Gasteiger charge is -2.14. The molecule has 16 heavy (non-hydrogen) atoms. The monoisotopic (exact) mass is 224 g/mol. The molecule has 3 N–H and O–H groups in total. The van der Waals surface area contributed by atoms with E-state index in [1.165, 1.54) is 6.08 Å². The number of rotatable bonds is 1. The predicted octanol–water partition coefficient (Wildman–Crippen LogP) is 1.24. The second-order valence-corrected chi connectivity index (χ2v) is 3.39. The SMILES string of the molecule is C=C1OB(O)CCC/C=C\C(O)=C/1C(=O)O. The van der Waals surface area contributed by atoms with Crippen LogP contribution in [0.1, 0.15) is 12.8 Å². The predicted molar refractivity (Wildman–Crippen MR) is 58.7 cm³/mol. The third-order valence-electron chi connectivity index (χ3n) is 2.12. The van der Waals surface area contributed by atoms with Crippen molar-refractivity contribution in [2.45, 2.75) is 19.2 Å². The fraction of sp³-hybridized carbons (Fsp3) is 0.300. The summed E-state index contributed by atoms with van der Waals surface area (Å²) in [4.78, 5) is 10.9. The minimum atomic E-state index is -1.35. The highest BCUT2D eigenvalue weighted by Gasteiger charge is 2.23. The Balaban J connectivity index is 3.05. The molecule has 0 fully saturated rings. The van der Waals surface area contributed by atoms with Crippen molar-refractivity contribution in [2.75, 3.05) is 0 Å². The molecule has 5 nitrogen and oxygen atoms in total. The Morgan fingerprint density at radius 1 is 1.56 bits per heavy atom. The van der Waals surface area contributed by atoms with Gasteiger partial charge in [-0.2, -0.15) is 0 Å². The maximum absolute atomic E-state index is 10.9. The van der Waals surface area contributed by atoms with Crippen LogP contribution >= 0.6 is 0 Å². The quantitative estimate of drug-likeness (QED) is 0.583. The van der Waals surface area contributed by atoms with Gasteiger partial charge in [0.25, 0.3) is 0 Å². The molecule has 0 amide bonds. The van der Waals surface area contributed by atoms with Gasteiger partial charge in [-0.05, 0) is 18.8 Å². The highest BCUT2D eigenvalue weighted by molar-refractivity contribution is 6.43. The number of carboxylic acid groups (broad SMARTS) is 1. The first-order chi connectivity index (χ1) is 7.52. The summed E-state index contributed by atoms with van der Waals surface area (Å²) in [5.41, 5.74) is -0.433. The Labute approximate surface area is 93.5 Å². The molecule has 0 aromatic rings. The summed E-state index contributed by atoms with van der Waals surface area (Å²) in [6.45, 7) is 3.38. The van der Waals surface area contributed by atoms with Gasteiger partial charge in [0.15, 0.2) is 0 Å². The maximum Gasteiger partial charge on any atom is 0.522 e. The maximum atomic E-state index is 10.9. The largest absolute Gasteiger partial charge is 0.536 e. The van der Waals surface area contributed by atoms with Gasteiger partial charge >= 0.3 is 13.1 Å². The number of hydrogen-bond acceptors (Lipinski definition) is 4. The van der Waals surface area contributed by atoms with E-state index in [-0.39, 0.29) is 5.76 Å². The molecule has 0 saturated carbocycles. The van der Waals surface area contributed by atoms with Gasteiger partial charge in [-0.25, -0.2) is 4.79 Å². The van der Waals surface area contributed by atoms with E-state index in [0.29, 0.717) is 19.2 Å². The first-order valence-corrected chi connectivity index (χ1v) is 4.89. The fourth-order valence-corrected chi connectivity index (χ4v) is 1.34. The number of hydrogen-bond donors (Lipinski definition) is 3. The van der Waals surface area contributed by atoms with E-state index in [1.807, 2.05) is 0 Å². The number of aliphatic hydroxyl groups excluding tert-OH is 1. The standard InChI is InChI=1S/C10H13BO5/c1-7-9(10(13)14)8(12)5-3-2-4-6-11(15)16-7/h3,5,12,15H,1-2,4,6H2,(H,13,14)/b5-3-,9-8-. The highest BCUT2D eigenvalue weighted by Crippen LogP contribution is 2.18. The highest BCUT2D eigenvalue weighted by atomic mass is 16.5. The van der Waals surface area contributed by atoms with Crippen LogP contribution in [-0.4, -0.2) is 28.3 Å². The van der Waals surface area contributed by atoms with Gasteiger partial charge in [-0.3, -0.25) is 0 Å². The summed E-state index contributed by atoms with van der Waals surface area (Å²) in [5.74, 6) is -2.02. The molecule has 1 heterocycles. The molecular weight excluding hydrogens is 211 g/mol. The van der Waals surface area contributed by atoms with Gasteiger partial charge < -0.3 is 19.9 Å². The zero-order valence-electron chi connectivity index (χ0n) is 8.72. The second-order valence-electron chi connectivity index (χ2n) is 3.39. The van der Waals surface area contributed by atoms with E-state index in [1.54, 1.807) is 6.08 Å². The molecule has 0 radical (unpaired) electrons. The van der Waals surface area contributed by atoms with Crippen LogP contribution < -0.4 is 0 Å². The third kappa shape index (κ3) is 3.17. The van der Waals surface area contributed by atoms with Crippen molar-refractivity contribution in [3.05, 3.63) is 35.8 Å². The van der Waals surface area contributed by atoms with Crippen molar-refractivity contribution in [3.63, 3.8) is 0 Å². The lowest BCUT2D eigenvalue weighted by atomic mass is 9.82. The number of carbonyl (C=O) groups is 1. The average Bonchev–Trinajstić information content (AvgIpc) is 2.15. The molecule has 0 aliphatic carbocycles. The molecule has 1 aliphatic rings. The van der Waals surface area contributed by atoms with Crippen LogP contribution in [0.4, 0.5) is 0 Å². The Hall–Kier alpha value is -1.69. The molecule has 0 bridgehead atoms. The van der Waals surface area contributed by atoms with E-state index in [2.05, 4.69) is 6.58 Å². The Kier molecular flexibility index (Phi) is 4.19. The van der Waals surface area contributed by atoms with E-state index >= 15 is 0 Å². The summed E-state index contributed by atoms with van der Waals surface area (Å²) in [6, 6.07) is 0. The van der Waals surface area contributed by atoms with Crippen molar-refractivity contribution < 1.29 is 24.7 Å². The first-order valence-electron chi connectivity index (χ1n) is 4.89. The zero-order chi connectivity index (χ0) is 12.1. The van der Waals surface area contributed by atoms with Crippen molar-refractivity contribution in [3.8, 4) is 0 Å². The minimum Gasteiger partial charge on any atom is -0.536 e. The van der Waals surface area contributed by atoms with E-state index in [0.717, 1.165) is 0 Å². The molecule has 0 aromatic carbocycles. The lowest BCUT2D eigenvalue weighted by molar-refractivity contribution is -0.132. The van der Waals surface area contributed by atoms with Crippen molar-refractivity contribution in [2.24, 2.45) is 0 Å². The number of aliphatic carboxylic acids is 1. The summed E-state index contributed by atoms with van der Waals surface area (Å²) >= 11 is 0. The number of aliphatic hydroxyl groups is 1. The number of allylic oxidation sites excluding steroid dienone is 2. The van der Waals surface area contributed by atoms with Gasteiger partial charge in [0.2, 0.25) is 0 Å². The minimum absolute atomic E-state index is 0.246. The molecule has 1 rings (SSSR count). The van der Waals surface area contributed by atoms with Gasteiger partial charge in [-0.15, -0.1) is 0 Å². The fourth-order valence-electron chi connectivity index (χ4n) is 1.34. The first kappa shape index (κ1) is 12.4. The van der Waals surface area contributed by atoms with Crippen LogP contribution in [0.2, 0.25) is 6.32 Å². The summed E-state index contributed by atoms with van der Waals surface area (Å²) < 4.78 is 4.90. The molecule has 1 aliphatic heterocycles. The molecule has 0 unspecified atom stereocenters. The number of carboxylic acids is 1.